The molecule has 3 nitrogen and oxygen atoms in total. The second kappa shape index (κ2) is 5.54. The normalized spacial score (nSPS) is 20.6. The number of amides is 1. The minimum Gasteiger partial charge on any atom is -0.479 e. The lowest BCUT2D eigenvalue weighted by atomic mass is 10.2. The summed E-state index contributed by atoms with van der Waals surface area (Å²) in [4.78, 5) is 11.7. The van der Waals surface area contributed by atoms with Gasteiger partial charge in [-0.1, -0.05) is 6.07 Å². The van der Waals surface area contributed by atoms with Gasteiger partial charge in [-0.25, -0.2) is 0 Å². The van der Waals surface area contributed by atoms with Crippen molar-refractivity contribution in [1.29, 1.82) is 0 Å². The summed E-state index contributed by atoms with van der Waals surface area (Å²) in [6.07, 6.45) is 2.47. The van der Waals surface area contributed by atoms with Gasteiger partial charge in [0.15, 0.2) is 6.10 Å². The molecule has 92 valence electrons. The van der Waals surface area contributed by atoms with Crippen molar-refractivity contribution in [3.8, 4) is 5.75 Å². The van der Waals surface area contributed by atoms with Gasteiger partial charge in [0.2, 0.25) is 0 Å². The first-order valence-corrected chi connectivity index (χ1v) is 6.66. The van der Waals surface area contributed by atoms with E-state index < -0.39 is 0 Å². The first-order valence-electron chi connectivity index (χ1n) is 5.87. The third kappa shape index (κ3) is 3.22. The van der Waals surface area contributed by atoms with E-state index in [4.69, 9.17) is 4.74 Å². The molecular weight excluding hydrogens is 282 g/mol. The van der Waals surface area contributed by atoms with E-state index in [9.17, 15) is 4.79 Å². The molecule has 1 fully saturated rings. The fourth-order valence-corrected chi connectivity index (χ4v) is 2.47. The van der Waals surface area contributed by atoms with Crippen molar-refractivity contribution < 1.29 is 9.53 Å². The van der Waals surface area contributed by atoms with Crippen molar-refractivity contribution in [3.05, 3.63) is 28.2 Å². The van der Waals surface area contributed by atoms with Crippen LogP contribution in [0.3, 0.4) is 0 Å². The van der Waals surface area contributed by atoms with Gasteiger partial charge in [0.05, 0.1) is 4.47 Å². The van der Waals surface area contributed by atoms with Crippen molar-refractivity contribution in [2.24, 2.45) is 0 Å². The maximum absolute atomic E-state index is 11.7. The van der Waals surface area contributed by atoms with Crippen LogP contribution in [0, 0.1) is 6.92 Å². The lowest BCUT2D eigenvalue weighted by Crippen LogP contribution is -2.36. The molecule has 1 aliphatic heterocycles. The molecule has 1 atom stereocenters. The maximum Gasteiger partial charge on any atom is 0.261 e. The standard InChI is InChI=1S/C13H16BrNO2/c1-9-5-6-11(10(14)8-9)17-12-4-2-3-7-15-13(12)16/h5-6,8,12H,2-4,7H2,1H3,(H,15,16). The second-order valence-electron chi connectivity index (χ2n) is 4.33. The molecule has 0 aliphatic carbocycles. The van der Waals surface area contributed by atoms with Gasteiger partial charge in [0, 0.05) is 6.54 Å². The molecule has 0 aromatic heterocycles. The Kier molecular flexibility index (Phi) is 4.05. The molecule has 1 aromatic rings. The minimum atomic E-state index is -0.364. The summed E-state index contributed by atoms with van der Waals surface area (Å²) in [5.41, 5.74) is 1.16. The van der Waals surface area contributed by atoms with Crippen LogP contribution in [-0.2, 0) is 4.79 Å². The van der Waals surface area contributed by atoms with E-state index in [-0.39, 0.29) is 12.0 Å². The van der Waals surface area contributed by atoms with E-state index in [0.29, 0.717) is 0 Å². The molecule has 4 heteroatoms. The second-order valence-corrected chi connectivity index (χ2v) is 5.18. The molecule has 1 amide bonds. The van der Waals surface area contributed by atoms with E-state index in [0.717, 1.165) is 41.6 Å². The Morgan fingerprint density at radius 3 is 3.00 bits per heavy atom. The topological polar surface area (TPSA) is 38.3 Å². The summed E-state index contributed by atoms with van der Waals surface area (Å²) in [5.74, 6) is 0.729. The number of carbonyl (C=O) groups excluding carboxylic acids is 1. The molecule has 0 bridgehead atoms. The van der Waals surface area contributed by atoms with Crippen molar-refractivity contribution >= 4 is 21.8 Å². The first-order chi connectivity index (χ1) is 8.16. The maximum atomic E-state index is 11.7. The third-order valence-electron chi connectivity index (χ3n) is 2.84. The fraction of sp³-hybridized carbons (Fsp3) is 0.462. The number of aryl methyl sites for hydroxylation is 1. The molecule has 1 unspecified atom stereocenters. The number of ether oxygens (including phenoxy) is 1. The zero-order valence-corrected chi connectivity index (χ0v) is 11.4. The average molecular weight is 298 g/mol. The predicted octanol–water partition coefficient (Wildman–Crippen LogP) is 2.81. The lowest BCUT2D eigenvalue weighted by Gasteiger charge is -2.17. The van der Waals surface area contributed by atoms with Crippen LogP contribution in [-0.4, -0.2) is 18.6 Å². The van der Waals surface area contributed by atoms with E-state index in [1.54, 1.807) is 0 Å². The number of benzene rings is 1. The van der Waals surface area contributed by atoms with E-state index in [1.165, 1.54) is 0 Å². The van der Waals surface area contributed by atoms with Gasteiger partial charge in [0.1, 0.15) is 5.75 Å². The Morgan fingerprint density at radius 2 is 2.24 bits per heavy atom. The number of hydrogen-bond acceptors (Lipinski definition) is 2. The summed E-state index contributed by atoms with van der Waals surface area (Å²) in [5, 5.41) is 2.87. The molecule has 0 radical (unpaired) electrons. The van der Waals surface area contributed by atoms with Crippen LogP contribution in [0.1, 0.15) is 24.8 Å². The summed E-state index contributed by atoms with van der Waals surface area (Å²) >= 11 is 3.46. The van der Waals surface area contributed by atoms with Gasteiger partial charge in [-0.05, 0) is 59.8 Å². The van der Waals surface area contributed by atoms with Crippen LogP contribution in [0.25, 0.3) is 0 Å². The molecule has 1 saturated heterocycles. The monoisotopic (exact) mass is 297 g/mol. The Labute approximate surface area is 110 Å². The Morgan fingerprint density at radius 1 is 1.41 bits per heavy atom. The third-order valence-corrected chi connectivity index (χ3v) is 3.46. The fourth-order valence-electron chi connectivity index (χ4n) is 1.88. The summed E-state index contributed by atoms with van der Waals surface area (Å²) in [6.45, 7) is 2.78. The number of halogens is 1. The highest BCUT2D eigenvalue weighted by Crippen LogP contribution is 2.27. The largest absolute Gasteiger partial charge is 0.479 e. The molecule has 0 saturated carbocycles. The molecule has 17 heavy (non-hydrogen) atoms. The highest BCUT2D eigenvalue weighted by Gasteiger charge is 2.22. The number of rotatable bonds is 2. The van der Waals surface area contributed by atoms with Gasteiger partial charge < -0.3 is 10.1 Å². The average Bonchev–Trinajstić information content (AvgIpc) is 2.48. The van der Waals surface area contributed by atoms with Gasteiger partial charge in [-0.15, -0.1) is 0 Å². The Balaban J connectivity index is 2.10. The number of nitrogens with one attached hydrogen (secondary N) is 1. The van der Waals surface area contributed by atoms with Crippen LogP contribution in [0.15, 0.2) is 22.7 Å². The quantitative estimate of drug-likeness (QED) is 0.912. The number of hydrogen-bond donors (Lipinski definition) is 1. The van der Waals surface area contributed by atoms with Crippen LogP contribution in [0.2, 0.25) is 0 Å². The van der Waals surface area contributed by atoms with Crippen LogP contribution >= 0.6 is 15.9 Å². The zero-order valence-electron chi connectivity index (χ0n) is 9.83. The lowest BCUT2D eigenvalue weighted by molar-refractivity contribution is -0.127. The number of carbonyl (C=O) groups is 1. The van der Waals surface area contributed by atoms with Gasteiger partial charge in [0.25, 0.3) is 5.91 Å². The molecule has 1 aromatic carbocycles. The summed E-state index contributed by atoms with van der Waals surface area (Å²) in [7, 11) is 0. The van der Waals surface area contributed by atoms with E-state index >= 15 is 0 Å². The Bertz CT molecular complexity index is 420. The van der Waals surface area contributed by atoms with Gasteiger partial charge in [-0.2, -0.15) is 0 Å². The van der Waals surface area contributed by atoms with Crippen molar-refractivity contribution in [2.75, 3.05) is 6.54 Å². The molecule has 2 rings (SSSR count). The SMILES string of the molecule is Cc1ccc(OC2CCCCNC2=O)c(Br)c1. The summed E-state index contributed by atoms with van der Waals surface area (Å²) < 4.78 is 6.67. The van der Waals surface area contributed by atoms with Crippen LogP contribution in [0.4, 0.5) is 0 Å². The minimum absolute atomic E-state index is 0.00465. The van der Waals surface area contributed by atoms with Crippen molar-refractivity contribution in [1.82, 2.24) is 5.32 Å². The zero-order chi connectivity index (χ0) is 12.3. The van der Waals surface area contributed by atoms with E-state index in [2.05, 4.69) is 21.2 Å². The van der Waals surface area contributed by atoms with Crippen molar-refractivity contribution in [2.45, 2.75) is 32.3 Å². The van der Waals surface area contributed by atoms with E-state index in [1.807, 2.05) is 25.1 Å². The van der Waals surface area contributed by atoms with Crippen LogP contribution < -0.4 is 10.1 Å². The predicted molar refractivity (Wildman–Crippen MR) is 70.2 cm³/mol. The Hall–Kier alpha value is -1.03. The molecule has 0 spiro atoms. The van der Waals surface area contributed by atoms with Crippen molar-refractivity contribution in [3.63, 3.8) is 0 Å². The van der Waals surface area contributed by atoms with Gasteiger partial charge in [-0.3, -0.25) is 4.79 Å². The highest BCUT2D eigenvalue weighted by molar-refractivity contribution is 9.10. The molecule has 1 aliphatic rings. The van der Waals surface area contributed by atoms with Crippen LogP contribution in [0.5, 0.6) is 5.75 Å². The smallest absolute Gasteiger partial charge is 0.261 e. The first kappa shape index (κ1) is 12.4. The highest BCUT2D eigenvalue weighted by atomic mass is 79.9. The van der Waals surface area contributed by atoms with Gasteiger partial charge >= 0.3 is 0 Å². The molecule has 1 heterocycles. The molecule has 1 N–H and O–H groups in total. The molecular formula is C13H16BrNO2. The summed E-state index contributed by atoms with van der Waals surface area (Å²) in [6, 6.07) is 5.87.